The number of hydrogen-bond acceptors (Lipinski definition) is 3. The van der Waals surface area contributed by atoms with Gasteiger partial charge in [0.05, 0.1) is 22.2 Å². The fourth-order valence-electron chi connectivity index (χ4n) is 9.53. The highest BCUT2D eigenvalue weighted by Crippen LogP contribution is 2.49. The van der Waals surface area contributed by atoms with E-state index in [2.05, 4.69) is 168 Å². The number of nitrogens with zero attached hydrogens (tertiary/aromatic N) is 3. The van der Waals surface area contributed by atoms with Crippen molar-refractivity contribution in [2.45, 2.75) is 0 Å². The van der Waals surface area contributed by atoms with E-state index in [1.54, 1.807) is 0 Å². The molecule has 13 aromatic rings. The third-order valence-electron chi connectivity index (χ3n) is 11.7. The SMILES string of the molecule is c1ccc2c(-c3nc(-n4c5ccccc5c5c6cccc7c8cccc9c%10c(cc(c(cc54)c76)c89)sc4ccccc4%10)nc4ccccc34)cccc2c1. The summed E-state index contributed by atoms with van der Waals surface area (Å²) in [6.45, 7) is 0. The molecular formula is C50H27N3S. The summed E-state index contributed by atoms with van der Waals surface area (Å²) in [5, 5.41) is 18.9. The minimum Gasteiger partial charge on any atom is -0.278 e. The van der Waals surface area contributed by atoms with Gasteiger partial charge in [0.2, 0.25) is 5.95 Å². The fraction of sp³-hybridized carbons (Fsp3) is 0. The van der Waals surface area contributed by atoms with E-state index >= 15 is 0 Å². The van der Waals surface area contributed by atoms with Gasteiger partial charge in [-0.1, -0.05) is 133 Å². The van der Waals surface area contributed by atoms with Crippen molar-refractivity contribution < 1.29 is 0 Å². The number of hydrogen-bond donors (Lipinski definition) is 0. The van der Waals surface area contributed by atoms with Gasteiger partial charge in [-0.05, 0) is 84.2 Å². The number of rotatable bonds is 2. The van der Waals surface area contributed by atoms with Crippen molar-refractivity contribution >= 4 is 118 Å². The Bertz CT molecular complexity index is 3730. The van der Waals surface area contributed by atoms with Crippen LogP contribution in [-0.2, 0) is 0 Å². The Labute approximate surface area is 312 Å². The lowest BCUT2D eigenvalue weighted by molar-refractivity contribution is 1.01. The zero-order valence-electron chi connectivity index (χ0n) is 28.8. The van der Waals surface area contributed by atoms with Gasteiger partial charge >= 0.3 is 0 Å². The Morgan fingerprint density at radius 2 is 0.981 bits per heavy atom. The quantitative estimate of drug-likeness (QED) is 0.133. The third-order valence-corrected chi connectivity index (χ3v) is 12.8. The summed E-state index contributed by atoms with van der Waals surface area (Å²) in [7, 11) is 0. The van der Waals surface area contributed by atoms with Crippen LogP contribution in [0.1, 0.15) is 0 Å². The second kappa shape index (κ2) is 10.4. The molecule has 3 heterocycles. The summed E-state index contributed by atoms with van der Waals surface area (Å²) in [6, 6.07) is 59.7. The Hall–Kier alpha value is -6.88. The van der Waals surface area contributed by atoms with E-state index in [-0.39, 0.29) is 0 Å². The maximum absolute atomic E-state index is 5.52. The van der Waals surface area contributed by atoms with Crippen LogP contribution in [0.2, 0.25) is 0 Å². The van der Waals surface area contributed by atoms with Crippen molar-refractivity contribution in [2.24, 2.45) is 0 Å². The van der Waals surface area contributed by atoms with Gasteiger partial charge in [-0.2, -0.15) is 0 Å². The van der Waals surface area contributed by atoms with E-state index < -0.39 is 0 Å². The topological polar surface area (TPSA) is 30.7 Å². The van der Waals surface area contributed by atoms with E-state index in [9.17, 15) is 0 Å². The molecule has 0 amide bonds. The summed E-state index contributed by atoms with van der Waals surface area (Å²) in [6.07, 6.45) is 0. The van der Waals surface area contributed by atoms with Crippen LogP contribution in [0.25, 0.3) is 124 Å². The molecule has 0 N–H and O–H groups in total. The molecular weight excluding hydrogens is 675 g/mol. The Balaban J connectivity index is 1.22. The maximum Gasteiger partial charge on any atom is 0.235 e. The van der Waals surface area contributed by atoms with Crippen molar-refractivity contribution in [2.75, 3.05) is 0 Å². The summed E-state index contributed by atoms with van der Waals surface area (Å²) >= 11 is 1.89. The first-order valence-corrected chi connectivity index (χ1v) is 19.2. The van der Waals surface area contributed by atoms with Crippen LogP contribution in [0.4, 0.5) is 0 Å². The third kappa shape index (κ3) is 3.65. The van der Waals surface area contributed by atoms with Gasteiger partial charge in [0.25, 0.3) is 0 Å². The van der Waals surface area contributed by atoms with Crippen molar-refractivity contribution in [3.05, 3.63) is 164 Å². The molecule has 0 aliphatic rings. The molecule has 0 saturated heterocycles. The van der Waals surface area contributed by atoms with Crippen molar-refractivity contribution in [3.63, 3.8) is 0 Å². The number of para-hydroxylation sites is 2. The van der Waals surface area contributed by atoms with Crippen LogP contribution in [-0.4, -0.2) is 14.5 Å². The highest BCUT2D eigenvalue weighted by atomic mass is 32.1. The summed E-state index contributed by atoms with van der Waals surface area (Å²) in [5.41, 5.74) is 5.17. The maximum atomic E-state index is 5.52. The molecule has 10 aromatic carbocycles. The van der Waals surface area contributed by atoms with Crippen molar-refractivity contribution in [1.29, 1.82) is 0 Å². The number of benzene rings is 10. The Morgan fingerprint density at radius 3 is 1.83 bits per heavy atom. The van der Waals surface area contributed by atoms with Gasteiger partial charge in [0.1, 0.15) is 0 Å². The summed E-state index contributed by atoms with van der Waals surface area (Å²) < 4.78 is 4.95. The minimum absolute atomic E-state index is 0.673. The molecule has 0 radical (unpaired) electrons. The first kappa shape index (κ1) is 28.7. The predicted octanol–water partition coefficient (Wildman–Crippen LogP) is 14.0. The average molecular weight is 702 g/mol. The number of fused-ring (bicyclic) bond motifs is 12. The molecule has 3 aromatic heterocycles. The van der Waals surface area contributed by atoms with Crippen LogP contribution in [0, 0.1) is 0 Å². The molecule has 0 aliphatic heterocycles. The Kier molecular flexibility index (Phi) is 5.51. The molecule has 0 spiro atoms. The first-order chi connectivity index (χ1) is 26.8. The number of thiophene rings is 1. The largest absolute Gasteiger partial charge is 0.278 e. The molecule has 0 unspecified atom stereocenters. The van der Waals surface area contributed by atoms with Crippen molar-refractivity contribution in [3.8, 4) is 17.2 Å². The standard InChI is InChI=1S/C50H27N3S/c1-2-14-29-28(12-1)13-9-20-32(29)49-33-15-3-6-23-40(33)51-50(52-49)53-41-24-7-4-16-34(41)47-36-21-10-18-30-31-19-11-22-37-46(31)39(38(45(30)36)26-42(47)53)27-44-48(37)35-17-5-8-25-43(35)54-44/h1-27H. The van der Waals surface area contributed by atoms with Gasteiger partial charge in [-0.3, -0.25) is 4.57 Å². The zero-order valence-corrected chi connectivity index (χ0v) is 29.7. The van der Waals surface area contributed by atoms with Gasteiger partial charge in [-0.15, -0.1) is 11.3 Å². The van der Waals surface area contributed by atoms with Crippen LogP contribution in [0.15, 0.2) is 164 Å². The zero-order chi connectivity index (χ0) is 35.1. The molecule has 3 nitrogen and oxygen atoms in total. The Morgan fingerprint density at radius 1 is 0.370 bits per heavy atom. The monoisotopic (exact) mass is 701 g/mol. The molecule has 248 valence electrons. The molecule has 0 saturated carbocycles. The molecule has 0 atom stereocenters. The van der Waals surface area contributed by atoms with Crippen LogP contribution < -0.4 is 0 Å². The van der Waals surface area contributed by atoms with Crippen LogP contribution in [0.5, 0.6) is 0 Å². The first-order valence-electron chi connectivity index (χ1n) is 18.4. The molecule has 13 rings (SSSR count). The van der Waals surface area contributed by atoms with Gasteiger partial charge < -0.3 is 0 Å². The molecule has 0 bridgehead atoms. The van der Waals surface area contributed by atoms with Gasteiger partial charge in [-0.25, -0.2) is 9.97 Å². The molecule has 0 aliphatic carbocycles. The lowest BCUT2D eigenvalue weighted by Gasteiger charge is -2.17. The molecule has 0 fully saturated rings. The molecule has 4 heteroatoms. The van der Waals surface area contributed by atoms with Gasteiger partial charge in [0, 0.05) is 41.9 Å². The van der Waals surface area contributed by atoms with Crippen molar-refractivity contribution in [1.82, 2.24) is 14.5 Å². The summed E-state index contributed by atoms with van der Waals surface area (Å²) in [4.78, 5) is 10.9. The average Bonchev–Trinajstić information content (AvgIpc) is 3.78. The van der Waals surface area contributed by atoms with E-state index in [0.717, 1.165) is 33.2 Å². The summed E-state index contributed by atoms with van der Waals surface area (Å²) in [5.74, 6) is 0.673. The second-order valence-corrected chi connectivity index (χ2v) is 15.5. The molecule has 54 heavy (non-hydrogen) atoms. The normalized spacial score (nSPS) is 12.4. The minimum atomic E-state index is 0.673. The van der Waals surface area contributed by atoms with E-state index in [1.807, 2.05) is 11.3 Å². The van der Waals surface area contributed by atoms with E-state index in [1.165, 1.54) is 84.8 Å². The highest BCUT2D eigenvalue weighted by Gasteiger charge is 2.23. The van der Waals surface area contributed by atoms with Crippen LogP contribution in [0.3, 0.4) is 0 Å². The predicted molar refractivity (Wildman–Crippen MR) is 231 cm³/mol. The lowest BCUT2D eigenvalue weighted by Crippen LogP contribution is -2.03. The smallest absolute Gasteiger partial charge is 0.235 e. The van der Waals surface area contributed by atoms with E-state index in [0.29, 0.717) is 5.95 Å². The lowest BCUT2D eigenvalue weighted by atomic mass is 9.87. The highest BCUT2D eigenvalue weighted by molar-refractivity contribution is 7.26. The number of aromatic nitrogens is 3. The fourth-order valence-corrected chi connectivity index (χ4v) is 10.7. The van der Waals surface area contributed by atoms with Crippen LogP contribution >= 0.6 is 11.3 Å². The van der Waals surface area contributed by atoms with Gasteiger partial charge in [0.15, 0.2) is 0 Å². The van der Waals surface area contributed by atoms with E-state index in [4.69, 9.17) is 9.97 Å². The second-order valence-electron chi connectivity index (χ2n) is 14.4.